The monoisotopic (exact) mass is 488 g/mol. The third kappa shape index (κ3) is 5.97. The van der Waals surface area contributed by atoms with Crippen molar-refractivity contribution in [1.82, 2.24) is 10.6 Å². The first-order valence-corrected chi connectivity index (χ1v) is 9.23. The quantitative estimate of drug-likeness (QED) is 0.378. The molecule has 150 valence electrons. The highest BCUT2D eigenvalue weighted by Gasteiger charge is 2.31. The number of nitrogens with zero attached hydrogens (tertiary/aromatic N) is 2. The second kappa shape index (κ2) is 10.7. The average Bonchev–Trinajstić information content (AvgIpc) is 3.06. The Morgan fingerprint density at radius 1 is 1.41 bits per heavy atom. The predicted octanol–water partition coefficient (Wildman–Crippen LogP) is 2.15. The van der Waals surface area contributed by atoms with Crippen LogP contribution in [0, 0.1) is 0 Å². The van der Waals surface area contributed by atoms with Crippen LogP contribution >= 0.6 is 24.0 Å². The van der Waals surface area contributed by atoms with E-state index in [2.05, 4.69) is 15.6 Å². The van der Waals surface area contributed by atoms with Crippen LogP contribution in [0.15, 0.2) is 29.3 Å². The first-order chi connectivity index (χ1) is 12.7. The molecule has 1 aromatic carbocycles. The molecule has 2 fully saturated rings. The van der Waals surface area contributed by atoms with Crippen molar-refractivity contribution < 1.29 is 14.3 Å². The van der Waals surface area contributed by atoms with Crippen LogP contribution in [-0.4, -0.2) is 57.9 Å². The summed E-state index contributed by atoms with van der Waals surface area (Å²) in [6.45, 7) is 2.18. The number of ether oxygens (including phenoxy) is 2. The van der Waals surface area contributed by atoms with Gasteiger partial charge in [0.25, 0.3) is 0 Å². The van der Waals surface area contributed by atoms with E-state index in [1.165, 1.54) is 6.42 Å². The van der Waals surface area contributed by atoms with Gasteiger partial charge in [0.1, 0.15) is 5.75 Å². The van der Waals surface area contributed by atoms with Crippen molar-refractivity contribution in [3.63, 3.8) is 0 Å². The number of hydrogen-bond acceptors (Lipinski definition) is 4. The Labute approximate surface area is 177 Å². The molecule has 1 amide bonds. The third-order valence-corrected chi connectivity index (χ3v) is 4.83. The summed E-state index contributed by atoms with van der Waals surface area (Å²) in [5.74, 6) is 1.56. The van der Waals surface area contributed by atoms with Gasteiger partial charge in [-0.3, -0.25) is 9.79 Å². The van der Waals surface area contributed by atoms with Crippen molar-refractivity contribution in [2.75, 3.05) is 38.8 Å². The summed E-state index contributed by atoms with van der Waals surface area (Å²) >= 11 is 0. The topological polar surface area (TPSA) is 75.2 Å². The van der Waals surface area contributed by atoms with Gasteiger partial charge >= 0.3 is 0 Å². The number of amides is 1. The van der Waals surface area contributed by atoms with E-state index in [0.29, 0.717) is 18.9 Å². The van der Waals surface area contributed by atoms with Crippen molar-refractivity contribution in [1.29, 1.82) is 0 Å². The summed E-state index contributed by atoms with van der Waals surface area (Å²) in [4.78, 5) is 18.5. The van der Waals surface area contributed by atoms with Crippen LogP contribution in [0.2, 0.25) is 0 Å². The highest BCUT2D eigenvalue weighted by molar-refractivity contribution is 14.0. The van der Waals surface area contributed by atoms with E-state index in [0.717, 1.165) is 37.4 Å². The molecule has 2 heterocycles. The fourth-order valence-corrected chi connectivity index (χ4v) is 3.40. The molecule has 0 aromatic heterocycles. The Balaban J connectivity index is 0.00000261. The van der Waals surface area contributed by atoms with Crippen molar-refractivity contribution in [3.8, 4) is 5.75 Å². The van der Waals surface area contributed by atoms with Crippen LogP contribution in [0.25, 0.3) is 0 Å². The number of carbonyl (C=O) groups excluding carboxylic acids is 1. The number of nitrogens with one attached hydrogen (secondary N) is 2. The van der Waals surface area contributed by atoms with Gasteiger partial charge in [-0.15, -0.1) is 24.0 Å². The number of methoxy groups -OCH3 is 1. The lowest BCUT2D eigenvalue weighted by Gasteiger charge is -2.24. The molecule has 0 saturated carbocycles. The van der Waals surface area contributed by atoms with Crippen LogP contribution in [-0.2, 0) is 9.53 Å². The highest BCUT2D eigenvalue weighted by Crippen LogP contribution is 2.25. The lowest BCUT2D eigenvalue weighted by molar-refractivity contribution is -0.117. The highest BCUT2D eigenvalue weighted by atomic mass is 127. The van der Waals surface area contributed by atoms with Gasteiger partial charge in [0.15, 0.2) is 5.96 Å². The second-order valence-electron chi connectivity index (χ2n) is 6.69. The molecule has 1 aromatic rings. The van der Waals surface area contributed by atoms with Gasteiger partial charge in [-0.25, -0.2) is 0 Å². The fourth-order valence-electron chi connectivity index (χ4n) is 3.40. The van der Waals surface area contributed by atoms with Crippen LogP contribution in [0.1, 0.15) is 25.7 Å². The standard InChI is InChI=1S/C19H28N4O3.HI/c1-20-19(21-12-17-7-3-4-9-26-17)22-14-10-18(24)23(13-14)15-6-5-8-16(11-15)25-2;/h5-6,8,11,14,17H,3-4,7,9-10,12-13H2,1-2H3,(H2,20,21,22);1H. The minimum absolute atomic E-state index is 0. The summed E-state index contributed by atoms with van der Waals surface area (Å²) in [6.07, 6.45) is 4.12. The smallest absolute Gasteiger partial charge is 0.229 e. The Morgan fingerprint density at radius 2 is 2.26 bits per heavy atom. The summed E-state index contributed by atoms with van der Waals surface area (Å²) in [5.41, 5.74) is 0.859. The van der Waals surface area contributed by atoms with Gasteiger partial charge in [0, 0.05) is 44.9 Å². The van der Waals surface area contributed by atoms with Crippen molar-refractivity contribution in [2.24, 2.45) is 4.99 Å². The molecule has 2 atom stereocenters. The Hall–Kier alpha value is -1.55. The number of carbonyl (C=O) groups is 1. The predicted molar refractivity (Wildman–Crippen MR) is 117 cm³/mol. The summed E-state index contributed by atoms with van der Waals surface area (Å²) in [6, 6.07) is 7.60. The molecule has 0 bridgehead atoms. The summed E-state index contributed by atoms with van der Waals surface area (Å²) in [5, 5.41) is 6.67. The Morgan fingerprint density at radius 3 is 2.96 bits per heavy atom. The fraction of sp³-hybridized carbons (Fsp3) is 0.579. The van der Waals surface area contributed by atoms with E-state index in [1.807, 2.05) is 24.3 Å². The maximum Gasteiger partial charge on any atom is 0.229 e. The molecule has 27 heavy (non-hydrogen) atoms. The lowest BCUT2D eigenvalue weighted by Crippen LogP contribution is -2.47. The molecule has 2 saturated heterocycles. The SMILES string of the molecule is CN=C(NCC1CCCCO1)NC1CC(=O)N(c2cccc(OC)c2)C1.I. The molecule has 0 aliphatic carbocycles. The maximum atomic E-state index is 12.4. The van der Waals surface area contributed by atoms with Gasteiger partial charge in [-0.2, -0.15) is 0 Å². The van der Waals surface area contributed by atoms with E-state index in [-0.39, 0.29) is 42.0 Å². The number of halogens is 1. The van der Waals surface area contributed by atoms with Crippen molar-refractivity contribution in [2.45, 2.75) is 37.8 Å². The van der Waals surface area contributed by atoms with Gasteiger partial charge < -0.3 is 25.0 Å². The van der Waals surface area contributed by atoms with E-state index in [9.17, 15) is 4.79 Å². The number of benzene rings is 1. The summed E-state index contributed by atoms with van der Waals surface area (Å²) < 4.78 is 11.0. The minimum Gasteiger partial charge on any atom is -0.497 e. The minimum atomic E-state index is 0. The van der Waals surface area contributed by atoms with Gasteiger partial charge in [-0.05, 0) is 31.4 Å². The number of guanidine groups is 1. The molecule has 2 unspecified atom stereocenters. The molecule has 2 aliphatic rings. The number of anilines is 1. The molecule has 7 nitrogen and oxygen atoms in total. The number of rotatable bonds is 5. The molecule has 0 radical (unpaired) electrons. The normalized spacial score (nSPS) is 23.0. The zero-order valence-corrected chi connectivity index (χ0v) is 18.3. The van der Waals surface area contributed by atoms with Crippen molar-refractivity contribution >= 4 is 41.5 Å². The van der Waals surface area contributed by atoms with Gasteiger partial charge in [0.2, 0.25) is 5.91 Å². The maximum absolute atomic E-state index is 12.4. The van der Waals surface area contributed by atoms with E-state index >= 15 is 0 Å². The number of hydrogen-bond donors (Lipinski definition) is 2. The average molecular weight is 488 g/mol. The third-order valence-electron chi connectivity index (χ3n) is 4.83. The van der Waals surface area contributed by atoms with Crippen LogP contribution < -0.4 is 20.3 Å². The zero-order chi connectivity index (χ0) is 18.4. The summed E-state index contributed by atoms with van der Waals surface area (Å²) in [7, 11) is 3.37. The number of aliphatic imine (C=N–C) groups is 1. The zero-order valence-electron chi connectivity index (χ0n) is 15.9. The molecular formula is C19H29IN4O3. The Kier molecular flexibility index (Phi) is 8.62. The molecule has 2 aliphatic heterocycles. The molecule has 0 spiro atoms. The molecule has 2 N–H and O–H groups in total. The van der Waals surface area contributed by atoms with E-state index in [4.69, 9.17) is 9.47 Å². The van der Waals surface area contributed by atoms with Crippen molar-refractivity contribution in [3.05, 3.63) is 24.3 Å². The van der Waals surface area contributed by atoms with Crippen LogP contribution in [0.5, 0.6) is 5.75 Å². The van der Waals surface area contributed by atoms with E-state index in [1.54, 1.807) is 19.1 Å². The van der Waals surface area contributed by atoms with Crippen LogP contribution in [0.3, 0.4) is 0 Å². The molecular weight excluding hydrogens is 459 g/mol. The van der Waals surface area contributed by atoms with E-state index < -0.39 is 0 Å². The second-order valence-corrected chi connectivity index (χ2v) is 6.69. The first-order valence-electron chi connectivity index (χ1n) is 9.23. The molecule has 3 rings (SSSR count). The van der Waals surface area contributed by atoms with Gasteiger partial charge in [0.05, 0.1) is 19.3 Å². The molecule has 8 heteroatoms. The Bertz CT molecular complexity index is 650. The lowest BCUT2D eigenvalue weighted by atomic mass is 10.1. The van der Waals surface area contributed by atoms with Gasteiger partial charge in [-0.1, -0.05) is 6.07 Å². The van der Waals surface area contributed by atoms with Crippen LogP contribution in [0.4, 0.5) is 5.69 Å². The largest absolute Gasteiger partial charge is 0.497 e. The first kappa shape index (κ1) is 21.7.